The van der Waals surface area contributed by atoms with E-state index in [1.54, 1.807) is 6.08 Å². The Morgan fingerprint density at radius 1 is 1.64 bits per heavy atom. The van der Waals surface area contributed by atoms with Gasteiger partial charge in [0.15, 0.2) is 6.29 Å². The van der Waals surface area contributed by atoms with Gasteiger partial charge in [-0.05, 0) is 6.42 Å². The van der Waals surface area contributed by atoms with Crippen molar-refractivity contribution in [2.45, 2.75) is 25.2 Å². The van der Waals surface area contributed by atoms with Crippen molar-refractivity contribution in [1.82, 2.24) is 0 Å². The van der Waals surface area contributed by atoms with Crippen LogP contribution in [0.4, 0.5) is 0 Å². The minimum atomic E-state index is -0.585. The number of aliphatic hydroxyl groups is 1. The molecule has 0 spiro atoms. The van der Waals surface area contributed by atoms with Crippen molar-refractivity contribution in [3.8, 4) is 0 Å². The van der Waals surface area contributed by atoms with Crippen LogP contribution in [0.1, 0.15) is 12.8 Å². The van der Waals surface area contributed by atoms with Gasteiger partial charge in [-0.3, -0.25) is 0 Å². The summed E-state index contributed by atoms with van der Waals surface area (Å²) in [5, 5.41) is 8.95. The van der Waals surface area contributed by atoms with Gasteiger partial charge in [0, 0.05) is 6.42 Å². The normalized spacial score (nSPS) is 31.7. The highest BCUT2D eigenvalue weighted by Gasteiger charge is 2.19. The van der Waals surface area contributed by atoms with Crippen molar-refractivity contribution < 1.29 is 14.6 Å². The summed E-state index contributed by atoms with van der Waals surface area (Å²) in [5.41, 5.74) is 0. The summed E-state index contributed by atoms with van der Waals surface area (Å²) in [6.07, 6.45) is 2.80. The molecule has 3 heteroatoms. The van der Waals surface area contributed by atoms with Crippen molar-refractivity contribution in [3.63, 3.8) is 0 Å². The predicted octanol–water partition coefficient (Wildman–Crippen LogP) is 0.686. The summed E-state index contributed by atoms with van der Waals surface area (Å²) >= 11 is 0. The van der Waals surface area contributed by atoms with E-state index in [4.69, 9.17) is 14.6 Å². The molecule has 0 aromatic rings. The zero-order chi connectivity index (χ0) is 8.10. The Morgan fingerprint density at radius 3 is 3.00 bits per heavy atom. The first kappa shape index (κ1) is 8.71. The lowest BCUT2D eigenvalue weighted by Crippen LogP contribution is -2.31. The molecule has 0 aliphatic carbocycles. The smallest absolute Gasteiger partial charge is 0.154 e. The van der Waals surface area contributed by atoms with E-state index in [-0.39, 0.29) is 6.10 Å². The van der Waals surface area contributed by atoms with Crippen LogP contribution in [0, 0.1) is 0 Å². The Morgan fingerprint density at radius 2 is 2.45 bits per heavy atom. The highest BCUT2D eigenvalue weighted by atomic mass is 16.6. The van der Waals surface area contributed by atoms with E-state index in [1.165, 1.54) is 0 Å². The average Bonchev–Trinajstić information content (AvgIpc) is 2.04. The van der Waals surface area contributed by atoms with Gasteiger partial charge in [0.25, 0.3) is 0 Å². The lowest BCUT2D eigenvalue weighted by Gasteiger charge is -2.25. The average molecular weight is 158 g/mol. The molecule has 0 aromatic carbocycles. The van der Waals surface area contributed by atoms with Gasteiger partial charge in [0.1, 0.15) is 0 Å². The summed E-state index contributed by atoms with van der Waals surface area (Å²) in [5.74, 6) is 0. The number of hydrogen-bond donors (Lipinski definition) is 1. The molecule has 11 heavy (non-hydrogen) atoms. The second-order valence-corrected chi connectivity index (χ2v) is 2.61. The first-order chi connectivity index (χ1) is 5.33. The molecule has 0 bridgehead atoms. The van der Waals surface area contributed by atoms with E-state index in [0.717, 1.165) is 6.42 Å². The molecule has 64 valence electrons. The molecule has 1 aliphatic rings. The third-order valence-electron chi connectivity index (χ3n) is 1.66. The molecule has 1 heterocycles. The van der Waals surface area contributed by atoms with E-state index in [9.17, 15) is 0 Å². The molecule has 0 aromatic heterocycles. The Kier molecular flexibility index (Phi) is 3.56. The Bertz CT molecular complexity index is 117. The van der Waals surface area contributed by atoms with E-state index in [2.05, 4.69) is 6.58 Å². The second-order valence-electron chi connectivity index (χ2n) is 2.61. The maximum absolute atomic E-state index is 8.95. The second kappa shape index (κ2) is 4.49. The van der Waals surface area contributed by atoms with Gasteiger partial charge in [0.2, 0.25) is 0 Å². The van der Waals surface area contributed by atoms with Crippen LogP contribution in [0.25, 0.3) is 0 Å². The lowest BCUT2D eigenvalue weighted by molar-refractivity contribution is -0.164. The molecule has 0 unspecified atom stereocenters. The van der Waals surface area contributed by atoms with Crippen LogP contribution >= 0.6 is 0 Å². The number of ether oxygens (including phenoxy) is 2. The topological polar surface area (TPSA) is 38.7 Å². The standard InChI is InChI=1S/C8H14O3/c1-2-5-10-7-3-4-8(9)11-6-7/h2,7-9H,1,3-6H2/t7-,8+/m0/s1. The van der Waals surface area contributed by atoms with Crippen molar-refractivity contribution in [2.24, 2.45) is 0 Å². The molecule has 1 saturated heterocycles. The SMILES string of the molecule is C=CCO[C@H]1CC[C@H](O)OC1. The number of hydrogen-bond acceptors (Lipinski definition) is 3. The summed E-state index contributed by atoms with van der Waals surface area (Å²) in [6, 6.07) is 0. The van der Waals surface area contributed by atoms with Gasteiger partial charge < -0.3 is 14.6 Å². The van der Waals surface area contributed by atoms with Crippen LogP contribution in [0.15, 0.2) is 12.7 Å². The largest absolute Gasteiger partial charge is 0.372 e. The van der Waals surface area contributed by atoms with E-state index >= 15 is 0 Å². The third-order valence-corrected chi connectivity index (χ3v) is 1.66. The van der Waals surface area contributed by atoms with Crippen LogP contribution in [-0.2, 0) is 9.47 Å². The fourth-order valence-corrected chi connectivity index (χ4v) is 1.05. The van der Waals surface area contributed by atoms with E-state index < -0.39 is 6.29 Å². The van der Waals surface area contributed by atoms with Crippen molar-refractivity contribution in [2.75, 3.05) is 13.2 Å². The van der Waals surface area contributed by atoms with Crippen molar-refractivity contribution in [3.05, 3.63) is 12.7 Å². The van der Waals surface area contributed by atoms with Crippen molar-refractivity contribution in [1.29, 1.82) is 0 Å². The first-order valence-electron chi connectivity index (χ1n) is 3.85. The molecule has 1 fully saturated rings. The molecule has 0 saturated carbocycles. The van der Waals surface area contributed by atoms with Gasteiger partial charge in [-0.25, -0.2) is 0 Å². The summed E-state index contributed by atoms with van der Waals surface area (Å²) < 4.78 is 10.3. The molecule has 1 aliphatic heterocycles. The molecule has 1 rings (SSSR count). The van der Waals surface area contributed by atoms with E-state index in [0.29, 0.717) is 19.6 Å². The third kappa shape index (κ3) is 3.01. The molecule has 0 radical (unpaired) electrons. The fraction of sp³-hybridized carbons (Fsp3) is 0.750. The maximum Gasteiger partial charge on any atom is 0.154 e. The first-order valence-corrected chi connectivity index (χ1v) is 3.85. The van der Waals surface area contributed by atoms with Gasteiger partial charge >= 0.3 is 0 Å². The van der Waals surface area contributed by atoms with Gasteiger partial charge in [-0.2, -0.15) is 0 Å². The lowest BCUT2D eigenvalue weighted by atomic mass is 10.1. The van der Waals surface area contributed by atoms with Crippen molar-refractivity contribution >= 4 is 0 Å². The van der Waals surface area contributed by atoms with Crippen LogP contribution in [0.5, 0.6) is 0 Å². The monoisotopic (exact) mass is 158 g/mol. The minimum absolute atomic E-state index is 0.136. The molecular formula is C8H14O3. The summed E-state index contributed by atoms with van der Waals surface area (Å²) in [6.45, 7) is 4.60. The number of aliphatic hydroxyl groups excluding tert-OH is 1. The molecule has 1 N–H and O–H groups in total. The molecule has 0 amide bonds. The highest BCUT2D eigenvalue weighted by Crippen LogP contribution is 2.13. The zero-order valence-electron chi connectivity index (χ0n) is 6.53. The van der Waals surface area contributed by atoms with Gasteiger partial charge in [0.05, 0.1) is 19.3 Å². The molecule has 2 atom stereocenters. The summed E-state index contributed by atoms with van der Waals surface area (Å²) in [4.78, 5) is 0. The van der Waals surface area contributed by atoms with Gasteiger partial charge in [-0.15, -0.1) is 6.58 Å². The fourth-order valence-electron chi connectivity index (χ4n) is 1.05. The Hall–Kier alpha value is -0.380. The zero-order valence-corrected chi connectivity index (χ0v) is 6.53. The highest BCUT2D eigenvalue weighted by molar-refractivity contribution is 4.69. The molecule has 3 nitrogen and oxygen atoms in total. The minimum Gasteiger partial charge on any atom is -0.372 e. The van der Waals surface area contributed by atoms with Crippen LogP contribution in [-0.4, -0.2) is 30.7 Å². The number of rotatable bonds is 3. The quantitative estimate of drug-likeness (QED) is 0.614. The van der Waals surface area contributed by atoms with Gasteiger partial charge in [-0.1, -0.05) is 6.08 Å². The predicted molar refractivity (Wildman–Crippen MR) is 41.1 cm³/mol. The maximum atomic E-state index is 8.95. The van der Waals surface area contributed by atoms with Crippen LogP contribution in [0.2, 0.25) is 0 Å². The van der Waals surface area contributed by atoms with E-state index in [1.807, 2.05) is 0 Å². The Balaban J connectivity index is 2.12. The summed E-state index contributed by atoms with van der Waals surface area (Å²) in [7, 11) is 0. The van der Waals surface area contributed by atoms with Crippen LogP contribution < -0.4 is 0 Å². The van der Waals surface area contributed by atoms with Crippen LogP contribution in [0.3, 0.4) is 0 Å². The molecular weight excluding hydrogens is 144 g/mol. The Labute approximate surface area is 66.6 Å².